The molecule has 0 bridgehead atoms. The fourth-order valence-corrected chi connectivity index (χ4v) is 2.14. The lowest BCUT2D eigenvalue weighted by Gasteiger charge is -2.41. The van der Waals surface area contributed by atoms with Gasteiger partial charge in [-0.2, -0.15) is 0 Å². The third-order valence-electron chi connectivity index (χ3n) is 3.21. The largest absolute Gasteiger partial charge is 0.480 e. The maximum absolute atomic E-state index is 11.3. The molecule has 0 saturated carbocycles. The van der Waals surface area contributed by atoms with E-state index in [-0.39, 0.29) is 12.5 Å². The summed E-state index contributed by atoms with van der Waals surface area (Å²) in [5.74, 6) is -0.920. The highest BCUT2D eigenvalue weighted by atomic mass is 16.4. The minimum Gasteiger partial charge on any atom is -0.480 e. The van der Waals surface area contributed by atoms with E-state index >= 15 is 0 Å². The predicted octanol–water partition coefficient (Wildman–Crippen LogP) is 0.0616. The van der Waals surface area contributed by atoms with Crippen LogP contribution in [0.3, 0.4) is 0 Å². The van der Waals surface area contributed by atoms with Gasteiger partial charge in [-0.25, -0.2) is 0 Å². The van der Waals surface area contributed by atoms with Crippen LogP contribution in [0.4, 0.5) is 0 Å². The van der Waals surface area contributed by atoms with Gasteiger partial charge in [-0.3, -0.25) is 14.5 Å². The van der Waals surface area contributed by atoms with E-state index < -0.39 is 11.5 Å². The van der Waals surface area contributed by atoms with Crippen LogP contribution < -0.4 is 5.32 Å². The lowest BCUT2D eigenvalue weighted by Crippen LogP contribution is -2.61. The van der Waals surface area contributed by atoms with Gasteiger partial charge in [-0.1, -0.05) is 13.8 Å². The van der Waals surface area contributed by atoms with E-state index in [2.05, 4.69) is 5.32 Å². The van der Waals surface area contributed by atoms with Crippen molar-refractivity contribution in [1.29, 1.82) is 0 Å². The molecular weight excluding hydrogens is 196 g/mol. The van der Waals surface area contributed by atoms with E-state index in [9.17, 15) is 14.7 Å². The Morgan fingerprint density at radius 3 is 2.53 bits per heavy atom. The Kier molecular flexibility index (Phi) is 3.68. The molecule has 0 aliphatic carbocycles. The number of amides is 1. The standard InChI is InChI=1S/C10H18N2O3/c1-3-10(4-2,9(14)15)12-6-5-11-8(13)7-12/h3-7H2,1-2H3,(H,11,13)(H,14,15). The molecule has 0 spiro atoms. The van der Waals surface area contributed by atoms with Gasteiger partial charge in [0.25, 0.3) is 0 Å². The number of carbonyl (C=O) groups excluding carboxylic acids is 1. The minimum absolute atomic E-state index is 0.0891. The van der Waals surface area contributed by atoms with Crippen LogP contribution in [0.5, 0.6) is 0 Å². The Hall–Kier alpha value is -1.10. The molecule has 1 aliphatic rings. The average Bonchev–Trinajstić information content (AvgIpc) is 2.20. The number of carboxylic acid groups (broad SMARTS) is 1. The molecule has 5 heteroatoms. The van der Waals surface area contributed by atoms with Gasteiger partial charge in [0.2, 0.25) is 5.91 Å². The van der Waals surface area contributed by atoms with Crippen molar-refractivity contribution in [2.24, 2.45) is 0 Å². The van der Waals surface area contributed by atoms with Gasteiger partial charge in [-0.05, 0) is 12.8 Å². The molecule has 0 aromatic heterocycles. The van der Waals surface area contributed by atoms with Gasteiger partial charge < -0.3 is 10.4 Å². The smallest absolute Gasteiger partial charge is 0.324 e. The zero-order chi connectivity index (χ0) is 11.5. The molecule has 1 saturated heterocycles. The Bertz CT molecular complexity index is 261. The molecule has 1 rings (SSSR count). The number of hydrogen-bond donors (Lipinski definition) is 2. The lowest BCUT2D eigenvalue weighted by molar-refractivity contribution is -0.154. The first-order chi connectivity index (χ1) is 7.06. The third kappa shape index (κ3) is 2.12. The number of piperazine rings is 1. The number of hydrogen-bond acceptors (Lipinski definition) is 3. The highest BCUT2D eigenvalue weighted by Gasteiger charge is 2.42. The van der Waals surface area contributed by atoms with Crippen molar-refractivity contribution in [3.05, 3.63) is 0 Å². The van der Waals surface area contributed by atoms with E-state index in [1.165, 1.54) is 0 Å². The molecule has 15 heavy (non-hydrogen) atoms. The van der Waals surface area contributed by atoms with Gasteiger partial charge in [0.1, 0.15) is 5.54 Å². The fraction of sp³-hybridized carbons (Fsp3) is 0.800. The molecule has 0 aromatic rings. The van der Waals surface area contributed by atoms with Crippen molar-refractivity contribution >= 4 is 11.9 Å². The van der Waals surface area contributed by atoms with Gasteiger partial charge in [0.15, 0.2) is 0 Å². The Morgan fingerprint density at radius 2 is 2.13 bits per heavy atom. The SMILES string of the molecule is CCC(CC)(C(=O)O)N1CCNC(=O)C1. The zero-order valence-electron chi connectivity index (χ0n) is 9.25. The molecule has 0 aromatic carbocycles. The summed E-state index contributed by atoms with van der Waals surface area (Å²) in [5.41, 5.74) is -0.877. The molecule has 0 atom stereocenters. The van der Waals surface area contributed by atoms with Crippen molar-refractivity contribution in [3.8, 4) is 0 Å². The fourth-order valence-electron chi connectivity index (χ4n) is 2.14. The molecule has 86 valence electrons. The number of nitrogens with zero attached hydrogens (tertiary/aromatic N) is 1. The molecular formula is C10H18N2O3. The Morgan fingerprint density at radius 1 is 1.53 bits per heavy atom. The number of carbonyl (C=O) groups is 2. The van der Waals surface area contributed by atoms with E-state index in [1.54, 1.807) is 4.90 Å². The van der Waals surface area contributed by atoms with Crippen LogP contribution in [-0.2, 0) is 9.59 Å². The molecule has 0 unspecified atom stereocenters. The molecule has 1 heterocycles. The summed E-state index contributed by atoms with van der Waals surface area (Å²) in [6.45, 7) is 5.04. The summed E-state index contributed by atoms with van der Waals surface area (Å²) >= 11 is 0. The van der Waals surface area contributed by atoms with Crippen molar-refractivity contribution in [3.63, 3.8) is 0 Å². The van der Waals surface area contributed by atoms with Crippen LogP contribution in [0, 0.1) is 0 Å². The van der Waals surface area contributed by atoms with Crippen LogP contribution in [0.1, 0.15) is 26.7 Å². The lowest BCUT2D eigenvalue weighted by atomic mass is 9.90. The first kappa shape index (κ1) is 12.0. The van der Waals surface area contributed by atoms with E-state index in [4.69, 9.17) is 0 Å². The van der Waals surface area contributed by atoms with Crippen molar-refractivity contribution in [1.82, 2.24) is 10.2 Å². The average molecular weight is 214 g/mol. The van der Waals surface area contributed by atoms with E-state index in [0.29, 0.717) is 25.9 Å². The van der Waals surface area contributed by atoms with Gasteiger partial charge >= 0.3 is 5.97 Å². The second-order valence-electron chi connectivity index (χ2n) is 3.82. The van der Waals surface area contributed by atoms with Gasteiger partial charge in [0.05, 0.1) is 6.54 Å². The summed E-state index contributed by atoms with van der Waals surface area (Å²) in [6.07, 6.45) is 1.04. The normalized spacial score (nSPS) is 18.7. The summed E-state index contributed by atoms with van der Waals surface area (Å²) in [5, 5.41) is 12.0. The van der Waals surface area contributed by atoms with E-state index in [0.717, 1.165) is 0 Å². The molecule has 1 fully saturated rings. The van der Waals surface area contributed by atoms with Crippen molar-refractivity contribution in [2.75, 3.05) is 19.6 Å². The van der Waals surface area contributed by atoms with Gasteiger partial charge in [0, 0.05) is 13.1 Å². The summed E-state index contributed by atoms with van der Waals surface area (Å²) in [6, 6.07) is 0. The first-order valence-corrected chi connectivity index (χ1v) is 5.32. The number of rotatable bonds is 4. The highest BCUT2D eigenvalue weighted by Crippen LogP contribution is 2.24. The monoisotopic (exact) mass is 214 g/mol. The first-order valence-electron chi connectivity index (χ1n) is 5.32. The summed E-state index contributed by atoms with van der Waals surface area (Å²) < 4.78 is 0. The Balaban J connectivity index is 2.87. The number of nitrogens with one attached hydrogen (secondary N) is 1. The zero-order valence-corrected chi connectivity index (χ0v) is 9.25. The predicted molar refractivity (Wildman–Crippen MR) is 55.5 cm³/mol. The maximum Gasteiger partial charge on any atom is 0.324 e. The second-order valence-corrected chi connectivity index (χ2v) is 3.82. The molecule has 1 aliphatic heterocycles. The molecule has 5 nitrogen and oxygen atoms in total. The quantitative estimate of drug-likeness (QED) is 0.694. The topological polar surface area (TPSA) is 69.6 Å². The van der Waals surface area contributed by atoms with Crippen molar-refractivity contribution in [2.45, 2.75) is 32.2 Å². The minimum atomic E-state index is -0.877. The maximum atomic E-state index is 11.3. The Labute approximate surface area is 89.4 Å². The molecule has 2 N–H and O–H groups in total. The summed E-state index contributed by atoms with van der Waals surface area (Å²) in [7, 11) is 0. The third-order valence-corrected chi connectivity index (χ3v) is 3.21. The molecule has 1 amide bonds. The van der Waals surface area contributed by atoms with Crippen LogP contribution in [0.2, 0.25) is 0 Å². The van der Waals surface area contributed by atoms with Crippen molar-refractivity contribution < 1.29 is 14.7 Å². The van der Waals surface area contributed by atoms with Crippen LogP contribution in [-0.4, -0.2) is 47.1 Å². The van der Waals surface area contributed by atoms with Crippen LogP contribution in [0.25, 0.3) is 0 Å². The van der Waals surface area contributed by atoms with Gasteiger partial charge in [-0.15, -0.1) is 0 Å². The van der Waals surface area contributed by atoms with Crippen LogP contribution in [0.15, 0.2) is 0 Å². The number of aliphatic carboxylic acids is 1. The second kappa shape index (κ2) is 4.61. The van der Waals surface area contributed by atoms with Crippen LogP contribution >= 0.6 is 0 Å². The van der Waals surface area contributed by atoms with E-state index in [1.807, 2.05) is 13.8 Å². The summed E-state index contributed by atoms with van der Waals surface area (Å²) in [4.78, 5) is 24.3. The highest BCUT2D eigenvalue weighted by molar-refractivity contribution is 5.82. The number of carboxylic acids is 1. The molecule has 0 radical (unpaired) electrons.